The number of hydrogen-bond donors (Lipinski definition) is 0. The number of hydrogen-bond acceptors (Lipinski definition) is 1. The summed E-state index contributed by atoms with van der Waals surface area (Å²) in [6.45, 7) is 2.56. The van der Waals surface area contributed by atoms with Crippen molar-refractivity contribution in [2.75, 3.05) is 18.0 Å². The van der Waals surface area contributed by atoms with Crippen LogP contribution in [0.2, 0.25) is 0 Å². The minimum atomic E-state index is 0.892. The number of anilines is 1. The Morgan fingerprint density at radius 2 is 1.50 bits per heavy atom. The average Bonchev–Trinajstić information content (AvgIpc) is 3.02. The largest absolute Gasteiger partial charge is 0.371 e. The Hall–Kier alpha value is -1.24. The molecule has 82 valence electrons. The number of rotatable bonds is 1. The molecule has 16 heavy (non-hydrogen) atoms. The molecule has 1 saturated carbocycles. The Bertz CT molecular complexity index is 402. The number of benzene rings is 1. The van der Waals surface area contributed by atoms with Crippen LogP contribution in [0, 0.1) is 23.7 Å². The van der Waals surface area contributed by atoms with E-state index in [0.29, 0.717) is 0 Å². The van der Waals surface area contributed by atoms with E-state index in [9.17, 15) is 0 Å². The second kappa shape index (κ2) is 3.13. The van der Waals surface area contributed by atoms with Crippen LogP contribution in [0.5, 0.6) is 0 Å². The van der Waals surface area contributed by atoms with Crippen LogP contribution >= 0.6 is 0 Å². The predicted octanol–water partition coefficient (Wildman–Crippen LogP) is 2.94. The first-order valence-electron chi connectivity index (χ1n) is 6.40. The Kier molecular flexibility index (Phi) is 1.73. The molecule has 1 nitrogen and oxygen atoms in total. The first-order valence-corrected chi connectivity index (χ1v) is 6.40. The summed E-state index contributed by atoms with van der Waals surface area (Å²) in [6, 6.07) is 10.9. The summed E-state index contributed by atoms with van der Waals surface area (Å²) in [5, 5.41) is 0. The molecule has 1 saturated heterocycles. The van der Waals surface area contributed by atoms with Crippen molar-refractivity contribution >= 4 is 5.69 Å². The van der Waals surface area contributed by atoms with E-state index in [2.05, 4.69) is 47.4 Å². The number of allylic oxidation sites excluding steroid dienone is 2. The van der Waals surface area contributed by atoms with Gasteiger partial charge in [-0.05, 0) is 42.2 Å². The van der Waals surface area contributed by atoms with Gasteiger partial charge < -0.3 is 4.90 Å². The predicted molar refractivity (Wildman–Crippen MR) is 66.4 cm³/mol. The molecule has 0 radical (unpaired) electrons. The van der Waals surface area contributed by atoms with Gasteiger partial charge in [-0.1, -0.05) is 30.4 Å². The summed E-state index contributed by atoms with van der Waals surface area (Å²) in [6.07, 6.45) is 6.39. The van der Waals surface area contributed by atoms with Gasteiger partial charge in [0.05, 0.1) is 0 Å². The zero-order chi connectivity index (χ0) is 10.5. The molecule has 2 aliphatic carbocycles. The van der Waals surface area contributed by atoms with Gasteiger partial charge in [-0.3, -0.25) is 0 Å². The molecule has 1 heteroatoms. The molecule has 4 rings (SSSR count). The third kappa shape index (κ3) is 1.12. The minimum absolute atomic E-state index is 0.892. The molecule has 4 unspecified atom stereocenters. The highest BCUT2D eigenvalue weighted by Gasteiger charge is 2.49. The van der Waals surface area contributed by atoms with E-state index in [-0.39, 0.29) is 0 Å². The van der Waals surface area contributed by atoms with Crippen molar-refractivity contribution in [3.8, 4) is 0 Å². The summed E-state index contributed by atoms with van der Waals surface area (Å²) in [4.78, 5) is 2.58. The van der Waals surface area contributed by atoms with Crippen LogP contribution in [0.25, 0.3) is 0 Å². The van der Waals surface area contributed by atoms with Crippen LogP contribution < -0.4 is 4.90 Å². The minimum Gasteiger partial charge on any atom is -0.371 e. The van der Waals surface area contributed by atoms with Gasteiger partial charge >= 0.3 is 0 Å². The lowest BCUT2D eigenvalue weighted by Gasteiger charge is -2.20. The van der Waals surface area contributed by atoms with Crippen molar-refractivity contribution in [2.24, 2.45) is 23.7 Å². The van der Waals surface area contributed by atoms with Crippen molar-refractivity contribution in [1.82, 2.24) is 0 Å². The van der Waals surface area contributed by atoms with E-state index in [0.717, 1.165) is 23.7 Å². The van der Waals surface area contributed by atoms with Gasteiger partial charge in [-0.2, -0.15) is 0 Å². The molecule has 1 heterocycles. The summed E-state index contributed by atoms with van der Waals surface area (Å²) >= 11 is 0. The van der Waals surface area contributed by atoms with E-state index in [1.807, 2.05) is 0 Å². The molecule has 1 aromatic rings. The van der Waals surface area contributed by atoms with Crippen molar-refractivity contribution in [1.29, 1.82) is 0 Å². The fraction of sp³-hybridized carbons (Fsp3) is 0.467. The molecule has 3 aliphatic rings. The maximum Gasteiger partial charge on any atom is 0.0366 e. The SMILES string of the molecule is C1=CC2CC1C1CN(c3ccccc3)CC21. The quantitative estimate of drug-likeness (QED) is 0.646. The van der Waals surface area contributed by atoms with Crippen LogP contribution in [0.3, 0.4) is 0 Å². The fourth-order valence-corrected chi connectivity index (χ4v) is 4.00. The molecule has 0 spiro atoms. The second-order valence-electron chi connectivity index (χ2n) is 5.52. The van der Waals surface area contributed by atoms with Crippen molar-refractivity contribution < 1.29 is 0 Å². The van der Waals surface area contributed by atoms with E-state index < -0.39 is 0 Å². The van der Waals surface area contributed by atoms with Crippen molar-refractivity contribution in [2.45, 2.75) is 6.42 Å². The van der Waals surface area contributed by atoms with Crippen molar-refractivity contribution in [3.63, 3.8) is 0 Å². The van der Waals surface area contributed by atoms with Crippen molar-refractivity contribution in [3.05, 3.63) is 42.5 Å². The Morgan fingerprint density at radius 1 is 0.875 bits per heavy atom. The third-order valence-electron chi connectivity index (χ3n) is 4.78. The third-order valence-corrected chi connectivity index (χ3v) is 4.78. The lowest BCUT2D eigenvalue weighted by Crippen LogP contribution is -2.22. The van der Waals surface area contributed by atoms with Crippen LogP contribution in [0.1, 0.15) is 6.42 Å². The summed E-state index contributed by atoms with van der Waals surface area (Å²) in [7, 11) is 0. The molecule has 0 aromatic heterocycles. The van der Waals surface area contributed by atoms with E-state index in [1.165, 1.54) is 25.2 Å². The molecular formula is C15H17N. The van der Waals surface area contributed by atoms with E-state index >= 15 is 0 Å². The molecule has 0 N–H and O–H groups in total. The molecule has 0 amide bonds. The van der Waals surface area contributed by atoms with Crippen LogP contribution in [-0.4, -0.2) is 13.1 Å². The molecule has 2 fully saturated rings. The zero-order valence-electron chi connectivity index (χ0n) is 9.42. The molecule has 1 aromatic carbocycles. The standard InChI is InChI=1S/C15H17N/c1-2-4-13(5-3-1)16-9-14-11-6-7-12(8-11)15(14)10-16/h1-7,11-12,14-15H,8-10H2. The van der Waals surface area contributed by atoms with Gasteiger partial charge in [0.1, 0.15) is 0 Å². The summed E-state index contributed by atoms with van der Waals surface area (Å²) < 4.78 is 0. The maximum atomic E-state index is 2.58. The van der Waals surface area contributed by atoms with E-state index in [4.69, 9.17) is 0 Å². The normalized spacial score (nSPS) is 39.4. The Balaban J connectivity index is 1.60. The van der Waals surface area contributed by atoms with Gasteiger partial charge in [0, 0.05) is 18.8 Å². The molecular weight excluding hydrogens is 194 g/mol. The van der Waals surface area contributed by atoms with Gasteiger partial charge in [0.25, 0.3) is 0 Å². The first kappa shape index (κ1) is 8.86. The monoisotopic (exact) mass is 211 g/mol. The number of para-hydroxylation sites is 1. The lowest BCUT2D eigenvalue weighted by atomic mass is 9.86. The van der Waals surface area contributed by atoms with E-state index in [1.54, 1.807) is 0 Å². The highest BCUT2D eigenvalue weighted by molar-refractivity contribution is 5.48. The molecule has 4 atom stereocenters. The lowest BCUT2D eigenvalue weighted by molar-refractivity contribution is 0.395. The number of fused-ring (bicyclic) bond motifs is 5. The fourth-order valence-electron chi connectivity index (χ4n) is 4.00. The van der Waals surface area contributed by atoms with Crippen LogP contribution in [0.15, 0.2) is 42.5 Å². The average molecular weight is 211 g/mol. The summed E-state index contributed by atoms with van der Waals surface area (Å²) in [5.41, 5.74) is 1.41. The molecule has 1 aliphatic heterocycles. The smallest absolute Gasteiger partial charge is 0.0366 e. The van der Waals surface area contributed by atoms with Gasteiger partial charge in [0.2, 0.25) is 0 Å². The zero-order valence-corrected chi connectivity index (χ0v) is 9.42. The molecule has 2 bridgehead atoms. The Labute approximate surface area is 96.8 Å². The second-order valence-corrected chi connectivity index (χ2v) is 5.52. The summed E-state index contributed by atoms with van der Waals surface area (Å²) in [5.74, 6) is 3.66. The van der Waals surface area contributed by atoms with Crippen LogP contribution in [-0.2, 0) is 0 Å². The Morgan fingerprint density at radius 3 is 2.12 bits per heavy atom. The first-order chi connectivity index (χ1) is 7.92. The number of nitrogens with zero attached hydrogens (tertiary/aromatic N) is 1. The highest BCUT2D eigenvalue weighted by Crippen LogP contribution is 2.51. The highest BCUT2D eigenvalue weighted by atomic mass is 15.2. The topological polar surface area (TPSA) is 3.24 Å². The van der Waals surface area contributed by atoms with Gasteiger partial charge in [-0.25, -0.2) is 0 Å². The van der Waals surface area contributed by atoms with Gasteiger partial charge in [-0.15, -0.1) is 0 Å². The van der Waals surface area contributed by atoms with Gasteiger partial charge in [0.15, 0.2) is 0 Å². The maximum absolute atomic E-state index is 2.58. The van der Waals surface area contributed by atoms with Crippen LogP contribution in [0.4, 0.5) is 5.69 Å².